The SMILES string of the molecule is CN=C(NCc1ccnc(OCC(F)(F)F)c1)N1CCC(CC(=O)NC)CC1. The van der Waals surface area contributed by atoms with Crippen LogP contribution in [0.25, 0.3) is 0 Å². The van der Waals surface area contributed by atoms with E-state index in [9.17, 15) is 18.0 Å². The van der Waals surface area contributed by atoms with Crippen LogP contribution in [0.3, 0.4) is 0 Å². The van der Waals surface area contributed by atoms with E-state index < -0.39 is 12.8 Å². The molecule has 1 aromatic rings. The molecule has 0 bridgehead atoms. The molecule has 28 heavy (non-hydrogen) atoms. The summed E-state index contributed by atoms with van der Waals surface area (Å²) in [7, 11) is 3.32. The van der Waals surface area contributed by atoms with Gasteiger partial charge in [0.05, 0.1) is 0 Å². The molecule has 7 nitrogen and oxygen atoms in total. The van der Waals surface area contributed by atoms with Gasteiger partial charge in [0.2, 0.25) is 11.8 Å². The molecule has 0 radical (unpaired) electrons. The molecule has 2 heterocycles. The number of likely N-dealkylation sites (tertiary alicyclic amines) is 1. The van der Waals surface area contributed by atoms with Gasteiger partial charge in [0.25, 0.3) is 0 Å². The second-order valence-corrected chi connectivity index (χ2v) is 6.61. The lowest BCUT2D eigenvalue weighted by atomic mass is 9.93. The molecule has 0 unspecified atom stereocenters. The van der Waals surface area contributed by atoms with Crippen molar-refractivity contribution in [3.63, 3.8) is 0 Å². The third-order valence-corrected chi connectivity index (χ3v) is 4.51. The number of carbonyl (C=O) groups excluding carboxylic acids is 1. The zero-order valence-corrected chi connectivity index (χ0v) is 16.1. The molecule has 0 atom stereocenters. The second-order valence-electron chi connectivity index (χ2n) is 6.61. The van der Waals surface area contributed by atoms with Crippen LogP contribution in [0.1, 0.15) is 24.8 Å². The Kier molecular flexibility index (Phi) is 7.89. The van der Waals surface area contributed by atoms with E-state index in [1.54, 1.807) is 20.2 Å². The van der Waals surface area contributed by atoms with E-state index in [1.165, 1.54) is 12.3 Å². The molecule has 0 saturated carbocycles. The van der Waals surface area contributed by atoms with E-state index in [0.29, 0.717) is 24.8 Å². The smallest absolute Gasteiger partial charge is 0.422 e. The number of aliphatic imine (C=N–C) groups is 1. The van der Waals surface area contributed by atoms with Gasteiger partial charge in [0, 0.05) is 52.4 Å². The number of alkyl halides is 3. The lowest BCUT2D eigenvalue weighted by Gasteiger charge is -2.34. The van der Waals surface area contributed by atoms with Gasteiger partial charge < -0.3 is 20.3 Å². The summed E-state index contributed by atoms with van der Waals surface area (Å²) in [6, 6.07) is 3.18. The van der Waals surface area contributed by atoms with Crippen molar-refractivity contribution in [2.45, 2.75) is 32.0 Å². The fourth-order valence-corrected chi connectivity index (χ4v) is 3.02. The van der Waals surface area contributed by atoms with Gasteiger partial charge in [0.1, 0.15) is 0 Å². The van der Waals surface area contributed by atoms with Crippen molar-refractivity contribution in [3.8, 4) is 5.88 Å². The van der Waals surface area contributed by atoms with Gasteiger partial charge in [-0.2, -0.15) is 13.2 Å². The Morgan fingerprint density at radius 3 is 2.71 bits per heavy atom. The summed E-state index contributed by atoms with van der Waals surface area (Å²) in [6.07, 6.45) is -0.649. The first kappa shape index (κ1) is 21.8. The maximum Gasteiger partial charge on any atom is 0.422 e. The fourth-order valence-electron chi connectivity index (χ4n) is 3.02. The number of hydrogen-bond donors (Lipinski definition) is 2. The van der Waals surface area contributed by atoms with Gasteiger partial charge in [-0.15, -0.1) is 0 Å². The van der Waals surface area contributed by atoms with Gasteiger partial charge >= 0.3 is 6.18 Å². The molecule has 10 heteroatoms. The average Bonchev–Trinajstić information content (AvgIpc) is 2.68. The first-order valence-corrected chi connectivity index (χ1v) is 9.11. The first-order chi connectivity index (χ1) is 13.3. The van der Waals surface area contributed by atoms with Gasteiger partial charge in [0.15, 0.2) is 12.6 Å². The number of carbonyl (C=O) groups is 1. The Hall–Kier alpha value is -2.52. The highest BCUT2D eigenvalue weighted by molar-refractivity contribution is 5.80. The number of ether oxygens (including phenoxy) is 1. The number of pyridine rings is 1. The Morgan fingerprint density at radius 1 is 1.39 bits per heavy atom. The fraction of sp³-hybridized carbons (Fsp3) is 0.611. The monoisotopic (exact) mass is 401 g/mol. The number of rotatable bonds is 6. The maximum absolute atomic E-state index is 12.3. The second kappa shape index (κ2) is 10.1. The zero-order chi connectivity index (χ0) is 20.6. The summed E-state index contributed by atoms with van der Waals surface area (Å²) < 4.78 is 41.4. The van der Waals surface area contributed by atoms with Crippen molar-refractivity contribution in [2.75, 3.05) is 33.8 Å². The highest BCUT2D eigenvalue weighted by Crippen LogP contribution is 2.21. The molecule has 1 aliphatic heterocycles. The number of nitrogens with one attached hydrogen (secondary N) is 2. The molecule has 1 saturated heterocycles. The van der Waals surface area contributed by atoms with Gasteiger partial charge in [-0.05, 0) is 30.4 Å². The van der Waals surface area contributed by atoms with Gasteiger partial charge in [-0.1, -0.05) is 0 Å². The third kappa shape index (κ3) is 7.24. The van der Waals surface area contributed by atoms with Crippen LogP contribution >= 0.6 is 0 Å². The van der Waals surface area contributed by atoms with E-state index in [1.807, 2.05) is 0 Å². The lowest BCUT2D eigenvalue weighted by molar-refractivity contribution is -0.154. The predicted molar refractivity (Wildman–Crippen MR) is 99.0 cm³/mol. The summed E-state index contributed by atoms with van der Waals surface area (Å²) in [5.41, 5.74) is 0.739. The Morgan fingerprint density at radius 2 is 2.11 bits per heavy atom. The van der Waals surface area contributed by atoms with Crippen LogP contribution in [0.2, 0.25) is 0 Å². The predicted octanol–water partition coefficient (Wildman–Crippen LogP) is 1.95. The van der Waals surface area contributed by atoms with E-state index in [4.69, 9.17) is 0 Å². The number of amides is 1. The number of aromatic nitrogens is 1. The zero-order valence-electron chi connectivity index (χ0n) is 16.1. The van der Waals surface area contributed by atoms with Gasteiger partial charge in [-0.3, -0.25) is 9.79 Å². The number of guanidine groups is 1. The number of hydrogen-bond acceptors (Lipinski definition) is 4. The number of nitrogens with zero attached hydrogens (tertiary/aromatic N) is 3. The standard InChI is InChI=1S/C18H26F3N5O2/c1-22-15(27)9-13-4-7-26(8-5-13)17(23-2)25-11-14-3-6-24-16(10-14)28-12-18(19,20)21/h3,6,10,13H,4-5,7-9,11-12H2,1-2H3,(H,22,27)(H,23,25). The summed E-state index contributed by atoms with van der Waals surface area (Å²) in [4.78, 5) is 21.7. The minimum absolute atomic E-state index is 0.0576. The molecule has 0 aliphatic carbocycles. The minimum Gasteiger partial charge on any atom is -0.468 e. The summed E-state index contributed by atoms with van der Waals surface area (Å²) in [6.45, 7) is 0.592. The summed E-state index contributed by atoms with van der Waals surface area (Å²) >= 11 is 0. The maximum atomic E-state index is 12.3. The molecule has 0 spiro atoms. The van der Waals surface area contributed by atoms with Crippen molar-refractivity contribution >= 4 is 11.9 Å². The van der Waals surface area contributed by atoms with Crippen LogP contribution in [0, 0.1) is 5.92 Å². The lowest BCUT2D eigenvalue weighted by Crippen LogP contribution is -2.45. The molecule has 1 amide bonds. The van der Waals surface area contributed by atoms with Crippen LogP contribution in [0.4, 0.5) is 13.2 Å². The van der Waals surface area contributed by atoms with Crippen LogP contribution in [-0.2, 0) is 11.3 Å². The van der Waals surface area contributed by atoms with Crippen molar-refractivity contribution in [2.24, 2.45) is 10.9 Å². The molecular weight excluding hydrogens is 375 g/mol. The quantitative estimate of drug-likeness (QED) is 0.563. The molecule has 0 aromatic carbocycles. The van der Waals surface area contributed by atoms with Crippen molar-refractivity contribution in [1.82, 2.24) is 20.5 Å². The minimum atomic E-state index is -4.40. The Bertz CT molecular complexity index is 673. The Balaban J connectivity index is 1.83. The van der Waals surface area contributed by atoms with Crippen molar-refractivity contribution in [3.05, 3.63) is 23.9 Å². The van der Waals surface area contributed by atoms with E-state index in [0.717, 1.165) is 31.5 Å². The van der Waals surface area contributed by atoms with Crippen molar-refractivity contribution < 1.29 is 22.7 Å². The van der Waals surface area contributed by atoms with Crippen LogP contribution in [0.5, 0.6) is 5.88 Å². The molecule has 1 aromatic heterocycles. The Labute approximate surface area is 162 Å². The van der Waals surface area contributed by atoms with Crippen molar-refractivity contribution in [1.29, 1.82) is 0 Å². The van der Waals surface area contributed by atoms with Gasteiger partial charge in [-0.25, -0.2) is 4.98 Å². The highest BCUT2D eigenvalue weighted by Gasteiger charge is 2.28. The molecule has 1 aliphatic rings. The van der Waals surface area contributed by atoms with Crippen LogP contribution in [-0.4, -0.2) is 61.7 Å². The summed E-state index contributed by atoms with van der Waals surface area (Å²) in [5.74, 6) is 1.07. The van der Waals surface area contributed by atoms with E-state index in [2.05, 4.69) is 30.2 Å². The number of halogens is 3. The van der Waals surface area contributed by atoms with E-state index in [-0.39, 0.29) is 11.8 Å². The molecule has 2 N–H and O–H groups in total. The summed E-state index contributed by atoms with van der Waals surface area (Å²) in [5, 5.41) is 5.86. The normalized spacial score (nSPS) is 16.0. The third-order valence-electron chi connectivity index (χ3n) is 4.51. The molecular formula is C18H26F3N5O2. The average molecular weight is 401 g/mol. The molecule has 156 valence electrons. The largest absolute Gasteiger partial charge is 0.468 e. The van der Waals surface area contributed by atoms with Crippen LogP contribution in [0.15, 0.2) is 23.3 Å². The van der Waals surface area contributed by atoms with E-state index >= 15 is 0 Å². The molecule has 1 fully saturated rings. The molecule has 2 rings (SSSR count). The number of piperidine rings is 1. The highest BCUT2D eigenvalue weighted by atomic mass is 19.4. The van der Waals surface area contributed by atoms with Crippen LogP contribution < -0.4 is 15.4 Å². The topological polar surface area (TPSA) is 78.9 Å². The first-order valence-electron chi connectivity index (χ1n) is 9.11.